The lowest BCUT2D eigenvalue weighted by molar-refractivity contribution is 1.05. The molecule has 0 bridgehead atoms. The molecule has 0 aromatic heterocycles. The number of rotatable bonds is 2. The molecule has 1 aromatic rings. The number of nitrogens with zero attached hydrogens (tertiary/aromatic N) is 1. The summed E-state index contributed by atoms with van der Waals surface area (Å²) in [5.41, 5.74) is 1.16. The number of benzene rings is 1. The van der Waals surface area contributed by atoms with Crippen LogP contribution in [0.25, 0.3) is 0 Å². The smallest absolute Gasteiger partial charge is 0.0788 e. The highest BCUT2D eigenvalue weighted by molar-refractivity contribution is 14.1. The fourth-order valence-corrected chi connectivity index (χ4v) is 1.28. The van der Waals surface area contributed by atoms with Gasteiger partial charge >= 0.3 is 0 Å². The van der Waals surface area contributed by atoms with Gasteiger partial charge in [0.1, 0.15) is 0 Å². The van der Waals surface area contributed by atoms with Crippen LogP contribution in [0.1, 0.15) is 0 Å². The van der Waals surface area contributed by atoms with Gasteiger partial charge in [0, 0.05) is 16.3 Å². The van der Waals surface area contributed by atoms with E-state index in [1.54, 1.807) is 0 Å². The van der Waals surface area contributed by atoms with Crippen LogP contribution in [0.3, 0.4) is 0 Å². The van der Waals surface area contributed by atoms with E-state index in [2.05, 4.69) is 52.8 Å². The van der Waals surface area contributed by atoms with Gasteiger partial charge in [0.2, 0.25) is 0 Å². The maximum absolute atomic E-state index is 5.20. The second-order valence-electron chi connectivity index (χ2n) is 2.54. The van der Waals surface area contributed by atoms with Gasteiger partial charge in [-0.3, -0.25) is 0 Å². The fraction of sp³-hybridized carbons (Fsp3) is 0.200. The van der Waals surface area contributed by atoms with Crippen molar-refractivity contribution in [2.45, 2.75) is 0 Å². The molecule has 62 valence electrons. The van der Waals surface area contributed by atoms with E-state index in [-0.39, 0.29) is 0 Å². The van der Waals surface area contributed by atoms with E-state index in [9.17, 15) is 0 Å². The van der Waals surface area contributed by atoms with Gasteiger partial charge in [-0.25, -0.2) is 0 Å². The number of anilines is 1. The van der Waals surface area contributed by atoms with Gasteiger partial charge in [-0.2, -0.15) is 0 Å². The Morgan fingerprint density at radius 2 is 2.00 bits per heavy atom. The van der Waals surface area contributed by atoms with Crippen LogP contribution < -0.4 is 4.90 Å². The van der Waals surface area contributed by atoms with Crippen LogP contribution in [0.4, 0.5) is 5.69 Å². The van der Waals surface area contributed by atoms with Gasteiger partial charge in [-0.15, -0.1) is 6.42 Å². The molecule has 0 saturated carbocycles. The predicted molar refractivity (Wildman–Crippen MR) is 61.3 cm³/mol. The summed E-state index contributed by atoms with van der Waals surface area (Å²) >= 11 is 2.28. The average molecular weight is 271 g/mol. The summed E-state index contributed by atoms with van der Waals surface area (Å²) in [4.78, 5) is 2.04. The van der Waals surface area contributed by atoms with Crippen molar-refractivity contribution in [3.05, 3.63) is 27.8 Å². The number of hydrogen-bond acceptors (Lipinski definition) is 1. The van der Waals surface area contributed by atoms with Crippen LogP contribution in [0.5, 0.6) is 0 Å². The van der Waals surface area contributed by atoms with Crippen molar-refractivity contribution in [3.63, 3.8) is 0 Å². The summed E-state index contributed by atoms with van der Waals surface area (Å²) < 4.78 is 1.24. The molecule has 0 fully saturated rings. The molecule has 0 unspecified atom stereocenters. The molecule has 0 heterocycles. The van der Waals surface area contributed by atoms with Crippen molar-refractivity contribution in [1.29, 1.82) is 0 Å². The standard InChI is InChI=1S/C10H10IN/c1-3-8-12(2)10-6-4-9(11)5-7-10/h1,4-7H,8H2,2H3. The van der Waals surface area contributed by atoms with E-state index >= 15 is 0 Å². The second kappa shape index (κ2) is 4.36. The van der Waals surface area contributed by atoms with Crippen molar-refractivity contribution < 1.29 is 0 Å². The molecule has 12 heavy (non-hydrogen) atoms. The lowest BCUT2D eigenvalue weighted by Gasteiger charge is -2.15. The molecule has 1 rings (SSSR count). The largest absolute Gasteiger partial charge is 0.363 e. The molecular weight excluding hydrogens is 261 g/mol. The van der Waals surface area contributed by atoms with Crippen LogP contribution >= 0.6 is 22.6 Å². The van der Waals surface area contributed by atoms with Crippen molar-refractivity contribution >= 4 is 28.3 Å². The Morgan fingerprint density at radius 1 is 1.42 bits per heavy atom. The first-order valence-corrected chi connectivity index (χ1v) is 4.72. The molecule has 0 atom stereocenters. The SMILES string of the molecule is C#CCN(C)c1ccc(I)cc1. The highest BCUT2D eigenvalue weighted by atomic mass is 127. The Bertz CT molecular complexity index is 284. The normalized spacial score (nSPS) is 9.08. The monoisotopic (exact) mass is 271 g/mol. The van der Waals surface area contributed by atoms with E-state index in [4.69, 9.17) is 6.42 Å². The van der Waals surface area contributed by atoms with Gasteiger partial charge in [-0.1, -0.05) is 5.92 Å². The zero-order valence-corrected chi connectivity index (χ0v) is 9.08. The third-order valence-corrected chi connectivity index (χ3v) is 2.32. The molecule has 1 aromatic carbocycles. The van der Waals surface area contributed by atoms with Crippen molar-refractivity contribution in [2.75, 3.05) is 18.5 Å². The molecule has 0 spiro atoms. The first kappa shape index (κ1) is 9.40. The minimum absolute atomic E-state index is 0.653. The van der Waals surface area contributed by atoms with Crippen molar-refractivity contribution in [1.82, 2.24) is 0 Å². The van der Waals surface area contributed by atoms with Crippen LogP contribution in [-0.2, 0) is 0 Å². The lowest BCUT2D eigenvalue weighted by atomic mass is 10.3. The summed E-state index contributed by atoms with van der Waals surface area (Å²) in [6.07, 6.45) is 5.20. The zero-order chi connectivity index (χ0) is 8.97. The Hall–Kier alpha value is -0.690. The summed E-state index contributed by atoms with van der Waals surface area (Å²) in [6, 6.07) is 8.28. The third-order valence-electron chi connectivity index (χ3n) is 1.60. The topological polar surface area (TPSA) is 3.24 Å². The average Bonchev–Trinajstić information content (AvgIpc) is 2.06. The van der Waals surface area contributed by atoms with Crippen molar-refractivity contribution in [2.24, 2.45) is 0 Å². The molecule has 0 amide bonds. The Labute approximate surface area is 86.9 Å². The molecule has 0 aliphatic rings. The Morgan fingerprint density at radius 3 is 2.50 bits per heavy atom. The highest BCUT2D eigenvalue weighted by Crippen LogP contribution is 2.14. The molecular formula is C10H10IN. The summed E-state index contributed by atoms with van der Waals surface area (Å²) in [5.74, 6) is 2.60. The van der Waals surface area contributed by atoms with Crippen LogP contribution in [-0.4, -0.2) is 13.6 Å². The van der Waals surface area contributed by atoms with Crippen LogP contribution in [0.15, 0.2) is 24.3 Å². The maximum atomic E-state index is 5.20. The minimum Gasteiger partial charge on any atom is -0.363 e. The highest BCUT2D eigenvalue weighted by Gasteiger charge is 1.96. The van der Waals surface area contributed by atoms with E-state index in [0.717, 1.165) is 5.69 Å². The molecule has 0 aliphatic heterocycles. The molecule has 0 aliphatic carbocycles. The van der Waals surface area contributed by atoms with E-state index in [1.165, 1.54) is 3.57 Å². The molecule has 2 heteroatoms. The molecule has 1 nitrogen and oxygen atoms in total. The van der Waals surface area contributed by atoms with Gasteiger partial charge < -0.3 is 4.90 Å². The van der Waals surface area contributed by atoms with Gasteiger partial charge in [0.25, 0.3) is 0 Å². The lowest BCUT2D eigenvalue weighted by Crippen LogP contribution is -2.16. The Balaban J connectivity index is 2.76. The van der Waals surface area contributed by atoms with Crippen LogP contribution in [0, 0.1) is 15.9 Å². The Kier molecular flexibility index (Phi) is 3.42. The quantitative estimate of drug-likeness (QED) is 0.589. The third kappa shape index (κ3) is 2.42. The van der Waals surface area contributed by atoms with E-state index in [1.807, 2.05) is 11.9 Å². The van der Waals surface area contributed by atoms with Gasteiger partial charge in [0.15, 0.2) is 0 Å². The number of terminal acetylenes is 1. The van der Waals surface area contributed by atoms with Gasteiger partial charge in [-0.05, 0) is 46.9 Å². The number of halogens is 1. The van der Waals surface area contributed by atoms with Crippen LogP contribution in [0.2, 0.25) is 0 Å². The zero-order valence-electron chi connectivity index (χ0n) is 6.92. The molecule has 0 saturated heterocycles. The summed E-state index contributed by atoms with van der Waals surface area (Å²) in [7, 11) is 1.99. The molecule has 0 N–H and O–H groups in total. The number of hydrogen-bond donors (Lipinski definition) is 0. The van der Waals surface area contributed by atoms with E-state index < -0.39 is 0 Å². The van der Waals surface area contributed by atoms with Gasteiger partial charge in [0.05, 0.1) is 6.54 Å². The first-order valence-electron chi connectivity index (χ1n) is 3.64. The summed E-state index contributed by atoms with van der Waals surface area (Å²) in [5, 5.41) is 0. The predicted octanol–water partition coefficient (Wildman–Crippen LogP) is 2.36. The maximum Gasteiger partial charge on any atom is 0.0788 e. The molecule has 0 radical (unpaired) electrons. The van der Waals surface area contributed by atoms with E-state index in [0.29, 0.717) is 6.54 Å². The first-order chi connectivity index (χ1) is 5.74. The fourth-order valence-electron chi connectivity index (χ4n) is 0.924. The minimum atomic E-state index is 0.653. The summed E-state index contributed by atoms with van der Waals surface area (Å²) in [6.45, 7) is 0.653. The second-order valence-corrected chi connectivity index (χ2v) is 3.78. The van der Waals surface area contributed by atoms with Crippen molar-refractivity contribution in [3.8, 4) is 12.3 Å².